The van der Waals surface area contributed by atoms with E-state index < -0.39 is 23.5 Å². The highest BCUT2D eigenvalue weighted by atomic mass is 32.1. The van der Waals surface area contributed by atoms with Crippen molar-refractivity contribution in [3.8, 4) is 17.2 Å². The number of benzene rings is 2. The van der Waals surface area contributed by atoms with E-state index in [2.05, 4.69) is 0 Å². The van der Waals surface area contributed by atoms with E-state index in [1.807, 2.05) is 6.92 Å². The van der Waals surface area contributed by atoms with Crippen molar-refractivity contribution in [3.63, 3.8) is 0 Å². The molecule has 8 heteroatoms. The predicted octanol–water partition coefficient (Wildman–Crippen LogP) is 5.03. The lowest BCUT2D eigenvalue weighted by atomic mass is 9.94. The van der Waals surface area contributed by atoms with Gasteiger partial charge in [0.05, 0.1) is 29.7 Å². The maximum absolute atomic E-state index is 13.4. The number of thiophene rings is 1. The van der Waals surface area contributed by atoms with E-state index in [1.54, 1.807) is 60.8 Å². The van der Waals surface area contributed by atoms with Crippen molar-refractivity contribution in [1.29, 1.82) is 0 Å². The molecule has 1 amide bonds. The number of ketones is 1. The van der Waals surface area contributed by atoms with Crippen LogP contribution >= 0.6 is 11.3 Å². The third-order valence-electron chi connectivity index (χ3n) is 5.22. The van der Waals surface area contributed by atoms with Crippen LogP contribution in [0.3, 0.4) is 0 Å². The van der Waals surface area contributed by atoms with Gasteiger partial charge in [-0.05, 0) is 67.3 Å². The molecule has 2 heterocycles. The number of aliphatic hydroxyl groups excluding tert-OH is 1. The second kappa shape index (κ2) is 9.38. The Hall–Kier alpha value is -3.78. The number of hydrogen-bond donors (Lipinski definition) is 2. The van der Waals surface area contributed by atoms with Crippen molar-refractivity contribution in [2.75, 3.05) is 18.1 Å². The Bertz CT molecular complexity index is 1200. The van der Waals surface area contributed by atoms with Gasteiger partial charge in [-0.25, -0.2) is 0 Å². The molecule has 1 aromatic heterocycles. The molecule has 4 rings (SSSR count). The van der Waals surface area contributed by atoms with Crippen molar-refractivity contribution in [3.05, 3.63) is 81.8 Å². The van der Waals surface area contributed by atoms with Crippen LogP contribution in [0.2, 0.25) is 0 Å². The lowest BCUT2D eigenvalue weighted by Crippen LogP contribution is -2.31. The van der Waals surface area contributed by atoms with E-state index in [4.69, 9.17) is 9.47 Å². The number of phenolic OH excluding ortho intramolecular Hbond substituents is 1. The largest absolute Gasteiger partial charge is 0.504 e. The molecular formula is C25H23NO6S. The molecule has 2 aromatic carbocycles. The standard InChI is InChI=1S/C25H23NO6S/c1-3-31-17-10-8-16(9-11-17)26-22(15-7-12-18(27)19(14-15)32-4-2)21(24(29)25(26)30)23(28)20-6-5-13-33-20/h5-14,22,27,29H,3-4H2,1-2H3. The van der Waals surface area contributed by atoms with Gasteiger partial charge >= 0.3 is 0 Å². The van der Waals surface area contributed by atoms with Gasteiger partial charge < -0.3 is 19.7 Å². The van der Waals surface area contributed by atoms with Crippen molar-refractivity contribution in [2.45, 2.75) is 19.9 Å². The maximum atomic E-state index is 13.4. The fourth-order valence-corrected chi connectivity index (χ4v) is 4.48. The number of hydrogen-bond acceptors (Lipinski definition) is 7. The number of nitrogens with zero attached hydrogens (tertiary/aromatic N) is 1. The average molecular weight is 466 g/mol. The molecule has 0 fully saturated rings. The number of aromatic hydroxyl groups is 1. The van der Waals surface area contributed by atoms with Crippen LogP contribution < -0.4 is 14.4 Å². The lowest BCUT2D eigenvalue weighted by Gasteiger charge is -2.27. The number of rotatable bonds is 8. The molecule has 0 spiro atoms. The van der Waals surface area contributed by atoms with Gasteiger partial charge in [0.1, 0.15) is 5.75 Å². The zero-order chi connectivity index (χ0) is 23.5. The summed E-state index contributed by atoms with van der Waals surface area (Å²) < 4.78 is 11.0. The summed E-state index contributed by atoms with van der Waals surface area (Å²) in [6.45, 7) is 4.49. The molecular weight excluding hydrogens is 442 g/mol. The summed E-state index contributed by atoms with van der Waals surface area (Å²) >= 11 is 1.23. The second-order valence-corrected chi connectivity index (χ2v) is 8.18. The number of aliphatic hydroxyl groups is 1. The maximum Gasteiger partial charge on any atom is 0.294 e. The normalized spacial score (nSPS) is 15.8. The molecule has 1 unspecified atom stereocenters. The molecule has 3 aromatic rings. The van der Waals surface area contributed by atoms with Gasteiger partial charge in [0.2, 0.25) is 5.78 Å². The summed E-state index contributed by atoms with van der Waals surface area (Å²) in [5, 5.41) is 22.7. The first kappa shape index (κ1) is 22.4. The van der Waals surface area contributed by atoms with Crippen LogP contribution in [0.15, 0.2) is 71.3 Å². The summed E-state index contributed by atoms with van der Waals surface area (Å²) in [4.78, 5) is 28.4. The third kappa shape index (κ3) is 4.17. The van der Waals surface area contributed by atoms with Crippen LogP contribution in [0.5, 0.6) is 17.2 Å². The molecule has 0 aliphatic carbocycles. The lowest BCUT2D eigenvalue weighted by molar-refractivity contribution is -0.117. The van der Waals surface area contributed by atoms with Crippen molar-refractivity contribution in [1.82, 2.24) is 0 Å². The second-order valence-electron chi connectivity index (χ2n) is 7.23. The summed E-state index contributed by atoms with van der Waals surface area (Å²) in [6.07, 6.45) is 0. The summed E-state index contributed by atoms with van der Waals surface area (Å²) in [6, 6.07) is 14.0. The fourth-order valence-electron chi connectivity index (χ4n) is 3.80. The number of carbonyl (C=O) groups excluding carboxylic acids is 2. The molecule has 1 aliphatic heterocycles. The molecule has 1 aliphatic rings. The van der Waals surface area contributed by atoms with Gasteiger partial charge in [0, 0.05) is 5.69 Å². The Labute approximate surface area is 195 Å². The molecule has 1 atom stereocenters. The number of anilines is 1. The quantitative estimate of drug-likeness (QED) is 0.453. The van der Waals surface area contributed by atoms with Crippen LogP contribution in [-0.2, 0) is 4.79 Å². The topological polar surface area (TPSA) is 96.3 Å². The molecule has 0 bridgehead atoms. The summed E-state index contributed by atoms with van der Waals surface area (Å²) in [5.74, 6) is -0.909. The minimum atomic E-state index is -0.912. The predicted molar refractivity (Wildman–Crippen MR) is 125 cm³/mol. The average Bonchev–Trinajstić information content (AvgIpc) is 3.44. The van der Waals surface area contributed by atoms with E-state index in [0.717, 1.165) is 0 Å². The molecule has 170 valence electrons. The Morgan fingerprint density at radius 3 is 2.39 bits per heavy atom. The Morgan fingerprint density at radius 2 is 1.76 bits per heavy atom. The van der Waals surface area contributed by atoms with E-state index >= 15 is 0 Å². The monoisotopic (exact) mass is 465 g/mol. The number of Topliss-reactive ketones (excluding diaryl/α,β-unsaturated/α-hetero) is 1. The zero-order valence-electron chi connectivity index (χ0n) is 18.1. The fraction of sp³-hybridized carbons (Fsp3) is 0.200. The molecule has 33 heavy (non-hydrogen) atoms. The molecule has 2 N–H and O–H groups in total. The first-order chi connectivity index (χ1) is 16.0. The number of ether oxygens (including phenoxy) is 2. The molecule has 7 nitrogen and oxygen atoms in total. The van der Waals surface area contributed by atoms with Crippen LogP contribution in [0.4, 0.5) is 5.69 Å². The molecule has 0 saturated heterocycles. The van der Waals surface area contributed by atoms with Gasteiger partial charge in [0.15, 0.2) is 17.3 Å². The van der Waals surface area contributed by atoms with Gasteiger partial charge in [0.25, 0.3) is 5.91 Å². The van der Waals surface area contributed by atoms with E-state index in [-0.39, 0.29) is 17.1 Å². The summed E-state index contributed by atoms with van der Waals surface area (Å²) in [7, 11) is 0. The molecule has 0 saturated carbocycles. The SMILES string of the molecule is CCOc1ccc(N2C(=O)C(O)=C(C(=O)c3cccs3)C2c2ccc(O)c(OCC)c2)cc1. The van der Waals surface area contributed by atoms with E-state index in [0.29, 0.717) is 35.1 Å². The zero-order valence-corrected chi connectivity index (χ0v) is 19.0. The van der Waals surface area contributed by atoms with Crippen LogP contribution in [0.1, 0.15) is 35.1 Å². The first-order valence-corrected chi connectivity index (χ1v) is 11.4. The smallest absolute Gasteiger partial charge is 0.294 e. The number of carbonyl (C=O) groups is 2. The van der Waals surface area contributed by atoms with Gasteiger partial charge in [-0.15, -0.1) is 11.3 Å². The highest BCUT2D eigenvalue weighted by Gasteiger charge is 2.45. The van der Waals surface area contributed by atoms with Crippen molar-refractivity contribution >= 4 is 28.7 Å². The van der Waals surface area contributed by atoms with E-state index in [1.165, 1.54) is 22.3 Å². The van der Waals surface area contributed by atoms with Crippen LogP contribution in [0.25, 0.3) is 0 Å². The highest BCUT2D eigenvalue weighted by molar-refractivity contribution is 7.12. The Kier molecular flexibility index (Phi) is 6.37. The third-order valence-corrected chi connectivity index (χ3v) is 6.09. The molecule has 0 radical (unpaired) electrons. The Balaban J connectivity index is 1.85. The van der Waals surface area contributed by atoms with Crippen molar-refractivity contribution in [2.24, 2.45) is 0 Å². The number of phenols is 1. The van der Waals surface area contributed by atoms with E-state index in [9.17, 15) is 19.8 Å². The van der Waals surface area contributed by atoms with Crippen LogP contribution in [0, 0.1) is 0 Å². The minimum Gasteiger partial charge on any atom is -0.504 e. The Morgan fingerprint density at radius 1 is 1.03 bits per heavy atom. The van der Waals surface area contributed by atoms with Crippen LogP contribution in [-0.4, -0.2) is 35.1 Å². The summed E-state index contributed by atoms with van der Waals surface area (Å²) in [5.41, 5.74) is 0.979. The van der Waals surface area contributed by atoms with Gasteiger partial charge in [-0.2, -0.15) is 0 Å². The first-order valence-electron chi connectivity index (χ1n) is 10.5. The van der Waals surface area contributed by atoms with Crippen molar-refractivity contribution < 1.29 is 29.3 Å². The highest BCUT2D eigenvalue weighted by Crippen LogP contribution is 2.44. The van der Waals surface area contributed by atoms with Gasteiger partial charge in [-0.1, -0.05) is 12.1 Å². The van der Waals surface area contributed by atoms with Gasteiger partial charge in [-0.3, -0.25) is 14.5 Å². The minimum absolute atomic E-state index is 0.0236. The number of amides is 1.